The predicted octanol–water partition coefficient (Wildman–Crippen LogP) is 5.71. The van der Waals surface area contributed by atoms with Crippen LogP contribution in [0.25, 0.3) is 22.8 Å². The Balaban J connectivity index is 1.29. The second-order valence-corrected chi connectivity index (χ2v) is 10.8. The van der Waals surface area contributed by atoms with Crippen LogP contribution in [0.15, 0.2) is 42.6 Å². The molecule has 3 aromatic rings. The first-order valence-electron chi connectivity index (χ1n) is 13.7. The number of benzene rings is 2. The summed E-state index contributed by atoms with van der Waals surface area (Å²) in [4.78, 5) is 34.2. The highest BCUT2D eigenvalue weighted by Gasteiger charge is 2.31. The van der Waals surface area contributed by atoms with Crippen LogP contribution in [-0.2, 0) is 4.79 Å². The number of carbonyl (C=O) groups is 2. The zero-order chi connectivity index (χ0) is 27.1. The Hall–Kier alpha value is -3.78. The molecule has 0 bridgehead atoms. The molecule has 2 saturated heterocycles. The first kappa shape index (κ1) is 25.5. The van der Waals surface area contributed by atoms with E-state index in [1.807, 2.05) is 11.8 Å². The fourth-order valence-electron chi connectivity index (χ4n) is 6.28. The van der Waals surface area contributed by atoms with E-state index >= 15 is 0 Å². The number of fused-ring (bicyclic) bond motifs is 1. The van der Waals surface area contributed by atoms with Crippen molar-refractivity contribution < 1.29 is 18.4 Å². The fourth-order valence-corrected chi connectivity index (χ4v) is 6.28. The molecule has 6 rings (SSSR count). The molecule has 4 heterocycles. The summed E-state index contributed by atoms with van der Waals surface area (Å²) in [7, 11) is 0. The summed E-state index contributed by atoms with van der Waals surface area (Å²) >= 11 is 0. The number of anilines is 1. The molecular weight excluding hydrogens is 498 g/mol. The Morgan fingerprint density at radius 1 is 1.03 bits per heavy atom. The topological polar surface area (TPSA) is 68.4 Å². The lowest BCUT2D eigenvalue weighted by Crippen LogP contribution is -2.43. The number of amides is 2. The number of H-pyrrole nitrogens is 1. The lowest BCUT2D eigenvalue weighted by molar-refractivity contribution is -0.110. The van der Waals surface area contributed by atoms with Crippen molar-refractivity contribution in [3.05, 3.63) is 76.6 Å². The first-order valence-corrected chi connectivity index (χ1v) is 13.7. The van der Waals surface area contributed by atoms with Gasteiger partial charge >= 0.3 is 0 Å². The number of aromatic amines is 1. The average Bonchev–Trinajstić information content (AvgIpc) is 3.64. The smallest absolute Gasteiger partial charge is 0.256 e. The maximum absolute atomic E-state index is 14.7. The Morgan fingerprint density at radius 3 is 2.54 bits per heavy atom. The zero-order valence-corrected chi connectivity index (χ0v) is 22.0. The van der Waals surface area contributed by atoms with Crippen molar-refractivity contribution in [1.82, 2.24) is 14.8 Å². The van der Waals surface area contributed by atoms with Crippen molar-refractivity contribution >= 4 is 29.2 Å². The van der Waals surface area contributed by atoms with Crippen LogP contribution in [0.2, 0.25) is 0 Å². The Morgan fingerprint density at radius 2 is 1.77 bits per heavy atom. The lowest BCUT2D eigenvalue weighted by Gasteiger charge is -2.34. The maximum atomic E-state index is 14.7. The number of hydrogen-bond donors (Lipinski definition) is 2. The SMILES string of the molecule is Cc1c(C(=O)N2CCC[C@@H](CN3CCCC3)C2)c[nH]c1C=C1C(=O)Nc2cccc(-c3c(F)cccc3F)c21. The Kier molecular flexibility index (Phi) is 6.81. The Labute approximate surface area is 226 Å². The molecule has 0 radical (unpaired) electrons. The Bertz CT molecular complexity index is 1450. The van der Waals surface area contributed by atoms with Crippen molar-refractivity contribution in [1.29, 1.82) is 0 Å². The highest BCUT2D eigenvalue weighted by atomic mass is 19.1. The van der Waals surface area contributed by atoms with Gasteiger partial charge in [-0.15, -0.1) is 0 Å². The molecule has 0 spiro atoms. The number of carbonyl (C=O) groups excluding carboxylic acids is 2. The van der Waals surface area contributed by atoms with E-state index in [4.69, 9.17) is 0 Å². The highest BCUT2D eigenvalue weighted by Crippen LogP contribution is 2.42. The number of hydrogen-bond acceptors (Lipinski definition) is 3. The van der Waals surface area contributed by atoms with Gasteiger partial charge in [0.2, 0.25) is 0 Å². The summed E-state index contributed by atoms with van der Waals surface area (Å²) in [6.45, 7) is 6.71. The van der Waals surface area contributed by atoms with Crippen LogP contribution in [0.4, 0.5) is 14.5 Å². The number of nitrogens with zero attached hydrogens (tertiary/aromatic N) is 2. The monoisotopic (exact) mass is 530 g/mol. The molecule has 0 aliphatic carbocycles. The largest absolute Gasteiger partial charge is 0.361 e. The molecular formula is C31H32F2N4O2. The molecule has 2 fully saturated rings. The molecule has 2 N–H and O–H groups in total. The molecule has 3 aliphatic heterocycles. The minimum Gasteiger partial charge on any atom is -0.361 e. The predicted molar refractivity (Wildman–Crippen MR) is 148 cm³/mol. The van der Waals surface area contributed by atoms with Gasteiger partial charge in [0.15, 0.2) is 0 Å². The molecule has 1 atom stereocenters. The van der Waals surface area contributed by atoms with Gasteiger partial charge in [0, 0.05) is 42.8 Å². The van der Waals surface area contributed by atoms with Gasteiger partial charge in [-0.05, 0) is 87.0 Å². The van der Waals surface area contributed by atoms with Crippen LogP contribution in [-0.4, -0.2) is 59.3 Å². The number of rotatable bonds is 5. The number of nitrogens with one attached hydrogen (secondary N) is 2. The minimum atomic E-state index is -0.699. The number of likely N-dealkylation sites (tertiary alicyclic amines) is 2. The van der Waals surface area contributed by atoms with E-state index in [0.29, 0.717) is 34.0 Å². The van der Waals surface area contributed by atoms with Crippen molar-refractivity contribution in [2.45, 2.75) is 32.6 Å². The van der Waals surface area contributed by atoms with Crippen LogP contribution < -0.4 is 5.32 Å². The third-order valence-corrected chi connectivity index (χ3v) is 8.28. The van der Waals surface area contributed by atoms with Crippen LogP contribution >= 0.6 is 0 Å². The second kappa shape index (κ2) is 10.4. The zero-order valence-electron chi connectivity index (χ0n) is 22.0. The summed E-state index contributed by atoms with van der Waals surface area (Å²) in [5.74, 6) is -1.29. The van der Waals surface area contributed by atoms with Crippen molar-refractivity contribution in [2.24, 2.45) is 5.92 Å². The maximum Gasteiger partial charge on any atom is 0.256 e. The molecule has 8 heteroatoms. The normalized spacial score (nSPS) is 20.5. The average molecular weight is 531 g/mol. The van der Waals surface area contributed by atoms with Crippen molar-refractivity contribution in [3.8, 4) is 11.1 Å². The number of piperidine rings is 1. The van der Waals surface area contributed by atoms with Crippen molar-refractivity contribution in [3.63, 3.8) is 0 Å². The lowest BCUT2D eigenvalue weighted by atomic mass is 9.93. The van der Waals surface area contributed by atoms with Crippen molar-refractivity contribution in [2.75, 3.05) is 38.0 Å². The van der Waals surface area contributed by atoms with Gasteiger partial charge in [0.25, 0.3) is 11.8 Å². The van der Waals surface area contributed by atoms with Gasteiger partial charge in [-0.3, -0.25) is 9.59 Å². The van der Waals surface area contributed by atoms with E-state index in [1.165, 1.54) is 31.0 Å². The quantitative estimate of drug-likeness (QED) is 0.416. The van der Waals surface area contributed by atoms with E-state index in [2.05, 4.69) is 15.2 Å². The van der Waals surface area contributed by atoms with E-state index in [0.717, 1.165) is 51.1 Å². The first-order chi connectivity index (χ1) is 18.9. The van der Waals surface area contributed by atoms with Gasteiger partial charge in [0.05, 0.1) is 16.7 Å². The summed E-state index contributed by atoms with van der Waals surface area (Å²) < 4.78 is 29.4. The van der Waals surface area contributed by atoms with Gasteiger partial charge < -0.3 is 20.1 Å². The van der Waals surface area contributed by atoms with E-state index in [-0.39, 0.29) is 23.0 Å². The third kappa shape index (κ3) is 4.78. The fraction of sp³-hybridized carbons (Fsp3) is 0.355. The second-order valence-electron chi connectivity index (χ2n) is 10.8. The van der Waals surface area contributed by atoms with E-state index in [1.54, 1.807) is 30.5 Å². The van der Waals surface area contributed by atoms with E-state index in [9.17, 15) is 18.4 Å². The van der Waals surface area contributed by atoms with Gasteiger partial charge in [-0.1, -0.05) is 18.2 Å². The summed E-state index contributed by atoms with van der Waals surface area (Å²) in [6, 6.07) is 8.70. The molecule has 202 valence electrons. The number of halogens is 2. The molecule has 6 nitrogen and oxygen atoms in total. The van der Waals surface area contributed by atoms with Gasteiger partial charge in [-0.2, -0.15) is 0 Å². The van der Waals surface area contributed by atoms with Gasteiger partial charge in [-0.25, -0.2) is 8.78 Å². The molecule has 0 unspecified atom stereocenters. The molecule has 39 heavy (non-hydrogen) atoms. The highest BCUT2D eigenvalue weighted by molar-refractivity contribution is 6.36. The molecule has 2 amide bonds. The molecule has 0 saturated carbocycles. The van der Waals surface area contributed by atoms with Crippen LogP contribution in [0.1, 0.15) is 52.9 Å². The van der Waals surface area contributed by atoms with Gasteiger partial charge in [0.1, 0.15) is 11.6 Å². The minimum absolute atomic E-state index is 0.00934. The molecule has 1 aromatic heterocycles. The molecule has 2 aromatic carbocycles. The number of aromatic nitrogens is 1. The molecule has 3 aliphatic rings. The van der Waals surface area contributed by atoms with E-state index < -0.39 is 11.6 Å². The summed E-state index contributed by atoms with van der Waals surface area (Å²) in [6.07, 6.45) is 8.03. The summed E-state index contributed by atoms with van der Waals surface area (Å²) in [5.41, 5.74) is 3.27. The third-order valence-electron chi connectivity index (χ3n) is 8.28. The standard InChI is InChI=1S/C31H32F2N4O2/c1-19-23(31(39)37-14-6-7-20(18-37)17-36-12-2-3-13-36)16-34-27(19)15-22-28-21(8-4-11-26(28)35-30(22)38)29-24(32)9-5-10-25(29)33/h4-5,8-11,15-16,20,34H,2-3,6-7,12-14,17-18H2,1H3,(H,35,38)/t20-/m0/s1. The van der Waals surface area contributed by atoms with Crippen LogP contribution in [0.5, 0.6) is 0 Å². The van der Waals surface area contributed by atoms with Crippen LogP contribution in [0, 0.1) is 24.5 Å². The van der Waals surface area contributed by atoms with Crippen LogP contribution in [0.3, 0.4) is 0 Å². The summed E-state index contributed by atoms with van der Waals surface area (Å²) in [5, 5.41) is 2.81.